The molecule has 1 fully saturated rings. The summed E-state index contributed by atoms with van der Waals surface area (Å²) in [7, 11) is -2.95. The van der Waals surface area contributed by atoms with E-state index >= 15 is 0 Å². The van der Waals surface area contributed by atoms with Crippen LogP contribution in [0.25, 0.3) is 5.82 Å². The van der Waals surface area contributed by atoms with Gasteiger partial charge in [0.15, 0.2) is 15.7 Å². The predicted octanol–water partition coefficient (Wildman–Crippen LogP) is -0.669. The summed E-state index contributed by atoms with van der Waals surface area (Å²) in [5, 5.41) is 6.79. The number of carbonyl (C=O) groups excluding carboxylic acids is 1. The number of anilines is 1. The molecule has 0 radical (unpaired) electrons. The van der Waals surface area contributed by atoms with Crippen LogP contribution in [-0.4, -0.2) is 70.1 Å². The number of sulfone groups is 1. The molecule has 0 atom stereocenters. The minimum absolute atomic E-state index is 0.0946. The maximum Gasteiger partial charge on any atom is 0.238 e. The van der Waals surface area contributed by atoms with E-state index in [1.165, 1.54) is 17.3 Å². The second-order valence-corrected chi connectivity index (χ2v) is 7.49. The molecule has 10 heteroatoms. The summed E-state index contributed by atoms with van der Waals surface area (Å²) in [5.41, 5.74) is 0.521. The minimum Gasteiger partial charge on any atom is -0.322 e. The first-order valence-electron chi connectivity index (χ1n) is 7.06. The van der Waals surface area contributed by atoms with Crippen LogP contribution >= 0.6 is 0 Å². The molecule has 0 bridgehead atoms. The van der Waals surface area contributed by atoms with Gasteiger partial charge in [-0.2, -0.15) is 5.10 Å². The van der Waals surface area contributed by atoms with Crippen molar-refractivity contribution < 1.29 is 13.2 Å². The lowest BCUT2D eigenvalue weighted by Crippen LogP contribution is -2.44. The molecular formula is C13H16N6O3S. The number of nitrogens with one attached hydrogen (secondary N) is 1. The van der Waals surface area contributed by atoms with Crippen LogP contribution in [0.4, 0.5) is 5.69 Å². The van der Waals surface area contributed by atoms with E-state index in [2.05, 4.69) is 20.4 Å². The van der Waals surface area contributed by atoms with Gasteiger partial charge in [-0.15, -0.1) is 0 Å². The number of aromatic nitrogens is 4. The number of amides is 1. The highest BCUT2D eigenvalue weighted by molar-refractivity contribution is 7.91. The molecule has 0 spiro atoms. The smallest absolute Gasteiger partial charge is 0.238 e. The van der Waals surface area contributed by atoms with Crippen LogP contribution in [0.5, 0.6) is 0 Å². The molecule has 9 nitrogen and oxygen atoms in total. The predicted molar refractivity (Wildman–Crippen MR) is 82.9 cm³/mol. The van der Waals surface area contributed by atoms with Crippen LogP contribution in [0.3, 0.4) is 0 Å². The average molecular weight is 336 g/mol. The Morgan fingerprint density at radius 3 is 2.78 bits per heavy atom. The molecule has 1 amide bonds. The Balaban J connectivity index is 1.65. The van der Waals surface area contributed by atoms with E-state index in [9.17, 15) is 13.2 Å². The van der Waals surface area contributed by atoms with Gasteiger partial charge >= 0.3 is 0 Å². The van der Waals surface area contributed by atoms with Crippen LogP contribution < -0.4 is 5.32 Å². The highest BCUT2D eigenvalue weighted by Crippen LogP contribution is 2.15. The zero-order valence-electron chi connectivity index (χ0n) is 12.3. The summed E-state index contributed by atoms with van der Waals surface area (Å²) in [6.07, 6.45) is 4.48. The Kier molecular flexibility index (Phi) is 4.35. The van der Waals surface area contributed by atoms with Crippen molar-refractivity contribution in [2.45, 2.75) is 0 Å². The number of rotatable bonds is 4. The van der Waals surface area contributed by atoms with Gasteiger partial charge in [-0.1, -0.05) is 0 Å². The highest BCUT2D eigenvalue weighted by Gasteiger charge is 2.23. The second kappa shape index (κ2) is 6.42. The van der Waals surface area contributed by atoms with Gasteiger partial charge in [-0.05, 0) is 12.1 Å². The molecule has 3 heterocycles. The topological polar surface area (TPSA) is 110 Å². The number of hydrogen-bond donors (Lipinski definition) is 1. The normalized spacial score (nSPS) is 17.7. The minimum atomic E-state index is -2.95. The number of nitrogens with zero attached hydrogens (tertiary/aromatic N) is 5. The van der Waals surface area contributed by atoms with Crippen molar-refractivity contribution in [1.82, 2.24) is 24.6 Å². The lowest BCUT2D eigenvalue weighted by atomic mass is 10.3. The van der Waals surface area contributed by atoms with Crippen molar-refractivity contribution in [2.24, 2.45) is 0 Å². The molecule has 23 heavy (non-hydrogen) atoms. The third-order valence-corrected chi connectivity index (χ3v) is 5.11. The van der Waals surface area contributed by atoms with Crippen LogP contribution in [0.2, 0.25) is 0 Å². The Labute approximate surface area is 133 Å². The third-order valence-electron chi connectivity index (χ3n) is 3.50. The van der Waals surface area contributed by atoms with Crippen molar-refractivity contribution in [1.29, 1.82) is 0 Å². The van der Waals surface area contributed by atoms with E-state index in [4.69, 9.17) is 0 Å². The summed E-state index contributed by atoms with van der Waals surface area (Å²) >= 11 is 0. The lowest BCUT2D eigenvalue weighted by molar-refractivity contribution is -0.117. The fraction of sp³-hybridized carbons (Fsp3) is 0.385. The molecule has 0 aliphatic carbocycles. The molecule has 0 aromatic carbocycles. The van der Waals surface area contributed by atoms with E-state index in [-0.39, 0.29) is 24.0 Å². The van der Waals surface area contributed by atoms with E-state index < -0.39 is 9.84 Å². The Morgan fingerprint density at radius 2 is 2.09 bits per heavy atom. The molecule has 0 saturated carbocycles. The first kappa shape index (κ1) is 15.6. The number of hydrogen-bond acceptors (Lipinski definition) is 7. The van der Waals surface area contributed by atoms with Crippen molar-refractivity contribution >= 4 is 21.4 Å². The largest absolute Gasteiger partial charge is 0.322 e. The van der Waals surface area contributed by atoms with Crippen molar-refractivity contribution in [2.75, 3.05) is 36.5 Å². The van der Waals surface area contributed by atoms with Crippen LogP contribution in [-0.2, 0) is 14.6 Å². The molecular weight excluding hydrogens is 320 g/mol. The van der Waals surface area contributed by atoms with E-state index in [1.807, 2.05) is 4.90 Å². The number of carbonyl (C=O) groups is 1. The maximum absolute atomic E-state index is 12.2. The molecule has 2 aromatic heterocycles. The van der Waals surface area contributed by atoms with E-state index in [0.29, 0.717) is 24.6 Å². The van der Waals surface area contributed by atoms with E-state index in [1.54, 1.807) is 18.3 Å². The summed E-state index contributed by atoms with van der Waals surface area (Å²) in [4.78, 5) is 22.1. The molecule has 1 N–H and O–H groups in total. The standard InChI is InChI=1S/C13H16N6O3S/c20-12(8-18-4-6-23(21,22)7-5-18)17-11-2-1-3-15-13(11)19-10-14-9-16-19/h1-3,9-10H,4-8H2,(H,17,20). The summed E-state index contributed by atoms with van der Waals surface area (Å²) in [5.74, 6) is 0.438. The van der Waals surface area contributed by atoms with Crippen LogP contribution in [0.15, 0.2) is 31.0 Å². The molecule has 1 aliphatic rings. The summed E-state index contributed by atoms with van der Waals surface area (Å²) < 4.78 is 24.3. The quantitative estimate of drug-likeness (QED) is 0.788. The van der Waals surface area contributed by atoms with Crippen LogP contribution in [0, 0.1) is 0 Å². The second-order valence-electron chi connectivity index (χ2n) is 5.19. The lowest BCUT2D eigenvalue weighted by Gasteiger charge is -2.25. The van der Waals surface area contributed by atoms with Gasteiger partial charge < -0.3 is 5.32 Å². The van der Waals surface area contributed by atoms with Gasteiger partial charge in [0.1, 0.15) is 12.7 Å². The summed E-state index contributed by atoms with van der Waals surface area (Å²) in [6.45, 7) is 0.888. The van der Waals surface area contributed by atoms with E-state index in [0.717, 1.165) is 0 Å². The SMILES string of the molecule is O=C(CN1CCS(=O)(=O)CC1)Nc1cccnc1-n1cncn1. The van der Waals surface area contributed by atoms with Gasteiger partial charge in [-0.3, -0.25) is 9.69 Å². The first-order chi connectivity index (χ1) is 11.0. The maximum atomic E-state index is 12.2. The monoisotopic (exact) mass is 336 g/mol. The summed E-state index contributed by atoms with van der Waals surface area (Å²) in [6, 6.07) is 3.44. The van der Waals surface area contributed by atoms with Crippen molar-refractivity contribution in [3.05, 3.63) is 31.0 Å². The molecule has 3 rings (SSSR count). The zero-order valence-corrected chi connectivity index (χ0v) is 13.1. The van der Waals surface area contributed by atoms with Crippen molar-refractivity contribution in [3.8, 4) is 5.82 Å². The number of pyridine rings is 1. The van der Waals surface area contributed by atoms with Crippen LogP contribution in [0.1, 0.15) is 0 Å². The molecule has 1 saturated heterocycles. The van der Waals surface area contributed by atoms with Crippen molar-refractivity contribution in [3.63, 3.8) is 0 Å². The Hall–Kier alpha value is -2.33. The Morgan fingerprint density at radius 1 is 1.30 bits per heavy atom. The van der Waals surface area contributed by atoms with Gasteiger partial charge in [-0.25, -0.2) is 23.1 Å². The fourth-order valence-electron chi connectivity index (χ4n) is 2.30. The van der Waals surface area contributed by atoms with Gasteiger partial charge in [0.2, 0.25) is 5.91 Å². The molecule has 0 unspecified atom stereocenters. The zero-order chi connectivity index (χ0) is 16.3. The average Bonchev–Trinajstić information content (AvgIpc) is 3.04. The highest BCUT2D eigenvalue weighted by atomic mass is 32.2. The van der Waals surface area contributed by atoms with Gasteiger partial charge in [0.25, 0.3) is 0 Å². The van der Waals surface area contributed by atoms with Gasteiger partial charge in [0.05, 0.1) is 23.7 Å². The molecule has 1 aliphatic heterocycles. The Bertz CT molecular complexity index is 776. The fourth-order valence-corrected chi connectivity index (χ4v) is 3.57. The molecule has 122 valence electrons. The molecule has 2 aromatic rings. The third kappa shape index (κ3) is 3.90. The first-order valence-corrected chi connectivity index (χ1v) is 8.88. The van der Waals surface area contributed by atoms with Gasteiger partial charge in [0, 0.05) is 19.3 Å².